The zero-order valence-electron chi connectivity index (χ0n) is 8.91. The molecular formula is C10H14ClN3OS. The van der Waals surface area contributed by atoms with Gasteiger partial charge in [0.1, 0.15) is 4.88 Å². The third-order valence-electron chi connectivity index (χ3n) is 3.16. The summed E-state index contributed by atoms with van der Waals surface area (Å²) in [5, 5.41) is 6.57. The number of hydrogen-bond acceptors (Lipinski definition) is 4. The molecule has 0 atom stereocenters. The monoisotopic (exact) mass is 259 g/mol. The van der Waals surface area contributed by atoms with Crippen LogP contribution in [0, 0.1) is 5.41 Å². The highest BCUT2D eigenvalue weighted by molar-refractivity contribution is 7.07. The number of halogens is 1. The molecule has 2 rings (SSSR count). The highest BCUT2D eigenvalue weighted by Gasteiger charge is 2.33. The zero-order valence-corrected chi connectivity index (χ0v) is 10.5. The summed E-state index contributed by atoms with van der Waals surface area (Å²) in [5.74, 6) is 0.528. The molecule has 1 aliphatic carbocycles. The molecule has 1 heterocycles. The third kappa shape index (κ3) is 2.52. The van der Waals surface area contributed by atoms with Crippen molar-refractivity contribution in [1.29, 1.82) is 0 Å². The molecule has 1 aliphatic rings. The van der Waals surface area contributed by atoms with Gasteiger partial charge in [0, 0.05) is 17.8 Å². The summed E-state index contributed by atoms with van der Waals surface area (Å²) in [6.45, 7) is 0.660. The molecule has 0 saturated heterocycles. The van der Waals surface area contributed by atoms with E-state index in [2.05, 4.69) is 14.9 Å². The number of alkyl halides is 1. The van der Waals surface area contributed by atoms with E-state index in [4.69, 9.17) is 11.6 Å². The third-order valence-corrected chi connectivity index (χ3v) is 4.39. The van der Waals surface area contributed by atoms with Crippen LogP contribution in [-0.2, 0) is 0 Å². The Balaban J connectivity index is 1.89. The van der Waals surface area contributed by atoms with E-state index in [1.807, 2.05) is 0 Å². The van der Waals surface area contributed by atoms with Crippen LogP contribution in [0.2, 0.25) is 0 Å². The maximum Gasteiger partial charge on any atom is 0.264 e. The van der Waals surface area contributed by atoms with E-state index in [0.29, 0.717) is 17.3 Å². The van der Waals surface area contributed by atoms with Crippen molar-refractivity contribution in [2.45, 2.75) is 25.7 Å². The van der Waals surface area contributed by atoms with Crippen molar-refractivity contribution in [2.75, 3.05) is 12.4 Å². The average molecular weight is 260 g/mol. The molecule has 0 spiro atoms. The van der Waals surface area contributed by atoms with Crippen LogP contribution in [0.1, 0.15) is 35.4 Å². The Labute approximate surface area is 104 Å². The molecular weight excluding hydrogens is 246 g/mol. The van der Waals surface area contributed by atoms with Crippen molar-refractivity contribution in [1.82, 2.24) is 14.9 Å². The van der Waals surface area contributed by atoms with Crippen molar-refractivity contribution >= 4 is 29.0 Å². The predicted molar refractivity (Wildman–Crippen MR) is 63.9 cm³/mol. The highest BCUT2D eigenvalue weighted by atomic mass is 35.5. The van der Waals surface area contributed by atoms with E-state index in [1.165, 1.54) is 19.0 Å². The first-order valence-corrected chi connectivity index (χ1v) is 6.68. The Kier molecular flexibility index (Phi) is 3.76. The Hall–Kier alpha value is -0.680. The fourth-order valence-corrected chi connectivity index (χ4v) is 2.90. The average Bonchev–Trinajstić information content (AvgIpc) is 2.98. The summed E-state index contributed by atoms with van der Waals surface area (Å²) in [6, 6.07) is 0. The van der Waals surface area contributed by atoms with Crippen LogP contribution >= 0.6 is 23.1 Å². The summed E-state index contributed by atoms with van der Waals surface area (Å²) in [5.41, 5.74) is 0.106. The van der Waals surface area contributed by atoms with Gasteiger partial charge in [-0.15, -0.1) is 16.7 Å². The Morgan fingerprint density at radius 3 is 2.88 bits per heavy atom. The summed E-state index contributed by atoms with van der Waals surface area (Å²) in [7, 11) is 0. The number of hydrogen-bond donors (Lipinski definition) is 1. The molecule has 0 aliphatic heterocycles. The van der Waals surface area contributed by atoms with E-state index in [9.17, 15) is 4.79 Å². The van der Waals surface area contributed by atoms with Gasteiger partial charge in [0.25, 0.3) is 5.91 Å². The van der Waals surface area contributed by atoms with Crippen LogP contribution in [0.25, 0.3) is 0 Å². The van der Waals surface area contributed by atoms with Crippen molar-refractivity contribution < 1.29 is 4.79 Å². The van der Waals surface area contributed by atoms with Gasteiger partial charge in [-0.25, -0.2) is 0 Å². The van der Waals surface area contributed by atoms with E-state index < -0.39 is 0 Å². The van der Waals surface area contributed by atoms with Gasteiger partial charge in [-0.1, -0.05) is 17.3 Å². The summed E-state index contributed by atoms with van der Waals surface area (Å²) in [4.78, 5) is 12.3. The molecule has 4 nitrogen and oxygen atoms in total. The fraction of sp³-hybridized carbons (Fsp3) is 0.700. The van der Waals surface area contributed by atoms with Gasteiger partial charge in [0.2, 0.25) is 0 Å². The van der Waals surface area contributed by atoms with Crippen LogP contribution in [-0.4, -0.2) is 27.9 Å². The van der Waals surface area contributed by atoms with Crippen molar-refractivity contribution in [3.63, 3.8) is 0 Å². The zero-order chi connectivity index (χ0) is 11.4. The number of aromatic nitrogens is 2. The maximum absolute atomic E-state index is 11.7. The topological polar surface area (TPSA) is 54.9 Å². The van der Waals surface area contributed by atoms with Crippen molar-refractivity contribution in [3.8, 4) is 0 Å². The summed E-state index contributed by atoms with van der Waals surface area (Å²) < 4.78 is 3.67. The minimum atomic E-state index is -0.0913. The molecule has 6 heteroatoms. The van der Waals surface area contributed by atoms with Gasteiger partial charge in [0.05, 0.1) is 6.20 Å². The van der Waals surface area contributed by atoms with E-state index in [0.717, 1.165) is 24.4 Å². The maximum atomic E-state index is 11.7. The number of amides is 1. The SMILES string of the molecule is O=C(NCC1(CCl)CCCC1)c1cnns1. The van der Waals surface area contributed by atoms with Gasteiger partial charge in [-0.3, -0.25) is 4.79 Å². The molecule has 1 N–H and O–H groups in total. The molecule has 16 heavy (non-hydrogen) atoms. The largest absolute Gasteiger partial charge is 0.351 e. The number of rotatable bonds is 4. The van der Waals surface area contributed by atoms with Crippen LogP contribution in [0.5, 0.6) is 0 Å². The standard InChI is InChI=1S/C10H14ClN3OS/c11-6-10(3-1-2-4-10)7-12-9(15)8-5-13-14-16-8/h5H,1-4,6-7H2,(H,12,15). The van der Waals surface area contributed by atoms with Crippen LogP contribution in [0.3, 0.4) is 0 Å². The molecule has 1 fully saturated rings. The molecule has 1 saturated carbocycles. The second-order valence-electron chi connectivity index (χ2n) is 4.31. The molecule has 88 valence electrons. The van der Waals surface area contributed by atoms with Crippen molar-refractivity contribution in [2.24, 2.45) is 5.41 Å². The van der Waals surface area contributed by atoms with Crippen LogP contribution in [0.4, 0.5) is 0 Å². The van der Waals surface area contributed by atoms with Gasteiger partial charge in [0.15, 0.2) is 0 Å². The highest BCUT2D eigenvalue weighted by Crippen LogP contribution is 2.38. The first-order chi connectivity index (χ1) is 7.76. The molecule has 0 radical (unpaired) electrons. The number of carbonyl (C=O) groups is 1. The Morgan fingerprint density at radius 1 is 1.56 bits per heavy atom. The lowest BCUT2D eigenvalue weighted by Crippen LogP contribution is -2.36. The molecule has 0 bridgehead atoms. The van der Waals surface area contributed by atoms with E-state index in [-0.39, 0.29) is 11.3 Å². The lowest BCUT2D eigenvalue weighted by atomic mass is 9.88. The minimum Gasteiger partial charge on any atom is -0.351 e. The van der Waals surface area contributed by atoms with Gasteiger partial charge < -0.3 is 5.32 Å². The summed E-state index contributed by atoms with van der Waals surface area (Å²) >= 11 is 7.11. The number of carbonyl (C=O) groups excluding carboxylic acids is 1. The van der Waals surface area contributed by atoms with Gasteiger partial charge in [-0.05, 0) is 24.4 Å². The Morgan fingerprint density at radius 2 is 2.31 bits per heavy atom. The van der Waals surface area contributed by atoms with Crippen LogP contribution < -0.4 is 5.32 Å². The Bertz CT molecular complexity index is 349. The minimum absolute atomic E-state index is 0.0913. The van der Waals surface area contributed by atoms with Crippen LogP contribution in [0.15, 0.2) is 6.20 Å². The fourth-order valence-electron chi connectivity index (χ4n) is 2.10. The molecule has 0 unspecified atom stereocenters. The normalized spacial score (nSPS) is 18.6. The molecule has 1 aromatic heterocycles. The van der Waals surface area contributed by atoms with E-state index in [1.54, 1.807) is 0 Å². The number of nitrogens with zero attached hydrogens (tertiary/aromatic N) is 2. The van der Waals surface area contributed by atoms with Crippen molar-refractivity contribution in [3.05, 3.63) is 11.1 Å². The second-order valence-corrected chi connectivity index (χ2v) is 5.36. The summed E-state index contributed by atoms with van der Waals surface area (Å²) in [6.07, 6.45) is 6.13. The molecule has 1 aromatic rings. The first-order valence-electron chi connectivity index (χ1n) is 5.37. The molecule has 1 amide bonds. The molecule has 0 aromatic carbocycles. The smallest absolute Gasteiger partial charge is 0.264 e. The van der Waals surface area contributed by atoms with Gasteiger partial charge >= 0.3 is 0 Å². The lowest BCUT2D eigenvalue weighted by molar-refractivity contribution is 0.0939. The second kappa shape index (κ2) is 5.10. The first kappa shape index (κ1) is 11.8. The lowest BCUT2D eigenvalue weighted by Gasteiger charge is -2.26. The quantitative estimate of drug-likeness (QED) is 0.843. The predicted octanol–water partition coefficient (Wildman–Crippen LogP) is 2.07. The number of nitrogens with one attached hydrogen (secondary N) is 1. The van der Waals surface area contributed by atoms with E-state index >= 15 is 0 Å². The van der Waals surface area contributed by atoms with Gasteiger partial charge in [-0.2, -0.15) is 0 Å².